The highest BCUT2D eigenvalue weighted by Gasteiger charge is 2.20. The van der Waals surface area contributed by atoms with E-state index in [-0.39, 0.29) is 12.1 Å². The van der Waals surface area contributed by atoms with E-state index in [0.717, 1.165) is 5.56 Å². The lowest BCUT2D eigenvalue weighted by atomic mass is 10.0. The van der Waals surface area contributed by atoms with Gasteiger partial charge in [0.25, 0.3) is 5.91 Å². The van der Waals surface area contributed by atoms with Crippen molar-refractivity contribution >= 4 is 17.5 Å². The van der Waals surface area contributed by atoms with Crippen LogP contribution in [0, 0.1) is 0 Å². The summed E-state index contributed by atoms with van der Waals surface area (Å²) in [6.07, 6.45) is 3.03. The topological polar surface area (TPSA) is 86.9 Å². The van der Waals surface area contributed by atoms with Crippen molar-refractivity contribution in [2.45, 2.75) is 19.0 Å². The van der Waals surface area contributed by atoms with Gasteiger partial charge in [-0.15, -0.1) is 0 Å². The number of nitrogens with zero attached hydrogens (tertiary/aromatic N) is 2. The quantitative estimate of drug-likeness (QED) is 0.890. The van der Waals surface area contributed by atoms with Gasteiger partial charge in [-0.3, -0.25) is 9.48 Å². The predicted octanol–water partition coefficient (Wildman–Crippen LogP) is 1.57. The summed E-state index contributed by atoms with van der Waals surface area (Å²) in [5, 5.41) is 4.79. The van der Waals surface area contributed by atoms with Crippen LogP contribution in [0.5, 0.6) is 0 Å². The van der Waals surface area contributed by atoms with Crippen LogP contribution < -0.4 is 11.5 Å². The van der Waals surface area contributed by atoms with Gasteiger partial charge in [0.1, 0.15) is 0 Å². The Morgan fingerprint density at radius 2 is 2.21 bits per heavy atom. The van der Waals surface area contributed by atoms with Gasteiger partial charge in [-0.1, -0.05) is 23.7 Å². The van der Waals surface area contributed by atoms with Crippen molar-refractivity contribution < 1.29 is 4.79 Å². The molecular weight excluding hydrogens is 264 g/mol. The monoisotopic (exact) mass is 278 g/mol. The molecular formula is C13H15ClN4O. The van der Waals surface area contributed by atoms with Gasteiger partial charge in [-0.2, -0.15) is 5.10 Å². The van der Waals surface area contributed by atoms with Crippen LogP contribution in [0.2, 0.25) is 5.02 Å². The number of hydrogen-bond donors (Lipinski definition) is 2. The Kier molecular flexibility index (Phi) is 3.87. The van der Waals surface area contributed by atoms with Gasteiger partial charge in [-0.05, 0) is 24.6 Å². The zero-order valence-corrected chi connectivity index (χ0v) is 11.2. The molecule has 19 heavy (non-hydrogen) atoms. The molecule has 4 N–H and O–H groups in total. The molecule has 0 saturated heterocycles. The van der Waals surface area contributed by atoms with Gasteiger partial charge in [0.15, 0.2) is 0 Å². The number of aromatic nitrogens is 2. The molecule has 0 fully saturated rings. The highest BCUT2D eigenvalue weighted by atomic mass is 35.5. The molecule has 2 unspecified atom stereocenters. The zero-order chi connectivity index (χ0) is 14.0. The molecule has 5 nitrogen and oxygen atoms in total. The third-order valence-corrected chi connectivity index (χ3v) is 3.09. The second-order valence-corrected chi connectivity index (χ2v) is 4.87. The summed E-state index contributed by atoms with van der Waals surface area (Å²) >= 11 is 5.99. The van der Waals surface area contributed by atoms with E-state index in [0.29, 0.717) is 10.6 Å². The third kappa shape index (κ3) is 2.94. The van der Waals surface area contributed by atoms with E-state index in [1.807, 2.05) is 25.1 Å². The van der Waals surface area contributed by atoms with Gasteiger partial charge in [0.05, 0.1) is 17.8 Å². The van der Waals surface area contributed by atoms with Crippen molar-refractivity contribution in [2.24, 2.45) is 11.5 Å². The van der Waals surface area contributed by atoms with Crippen LogP contribution in [0.3, 0.4) is 0 Å². The summed E-state index contributed by atoms with van der Waals surface area (Å²) in [5.41, 5.74) is 12.5. The maximum atomic E-state index is 11.1. The first kappa shape index (κ1) is 13.6. The Balaban J connectivity index is 2.42. The predicted molar refractivity (Wildman–Crippen MR) is 74.0 cm³/mol. The van der Waals surface area contributed by atoms with Crippen molar-refractivity contribution in [3.8, 4) is 0 Å². The number of hydrogen-bond acceptors (Lipinski definition) is 3. The van der Waals surface area contributed by atoms with E-state index >= 15 is 0 Å². The first-order valence-corrected chi connectivity index (χ1v) is 6.22. The second kappa shape index (κ2) is 5.42. The van der Waals surface area contributed by atoms with Crippen molar-refractivity contribution in [2.75, 3.05) is 0 Å². The number of halogens is 1. The van der Waals surface area contributed by atoms with E-state index in [1.165, 1.54) is 6.20 Å². The largest absolute Gasteiger partial charge is 0.366 e. The number of nitrogens with two attached hydrogens (primary N) is 2. The van der Waals surface area contributed by atoms with Gasteiger partial charge in [0.2, 0.25) is 0 Å². The summed E-state index contributed by atoms with van der Waals surface area (Å²) in [6.45, 7) is 1.87. The Hall–Kier alpha value is -1.85. The van der Waals surface area contributed by atoms with Crippen LogP contribution in [0.4, 0.5) is 0 Å². The molecule has 0 bridgehead atoms. The zero-order valence-electron chi connectivity index (χ0n) is 10.5. The first-order chi connectivity index (χ1) is 8.99. The van der Waals surface area contributed by atoms with Crippen molar-refractivity contribution in [3.05, 3.63) is 52.8 Å². The fourth-order valence-corrected chi connectivity index (χ4v) is 2.20. The highest BCUT2D eigenvalue weighted by molar-refractivity contribution is 6.30. The summed E-state index contributed by atoms with van der Waals surface area (Å²) < 4.78 is 1.64. The number of carbonyl (C=O) groups excluding carboxylic acids is 1. The van der Waals surface area contributed by atoms with E-state index in [1.54, 1.807) is 16.9 Å². The summed E-state index contributed by atoms with van der Waals surface area (Å²) in [6, 6.07) is 7.00. The van der Waals surface area contributed by atoms with Gasteiger partial charge >= 0.3 is 0 Å². The van der Waals surface area contributed by atoms with Crippen LogP contribution in [0.15, 0.2) is 36.7 Å². The van der Waals surface area contributed by atoms with Crippen molar-refractivity contribution in [3.63, 3.8) is 0 Å². The minimum Gasteiger partial charge on any atom is -0.366 e. The molecule has 1 aromatic carbocycles. The van der Waals surface area contributed by atoms with Crippen molar-refractivity contribution in [1.29, 1.82) is 0 Å². The van der Waals surface area contributed by atoms with E-state index in [2.05, 4.69) is 5.10 Å². The fraction of sp³-hybridized carbons (Fsp3) is 0.231. The third-order valence-electron chi connectivity index (χ3n) is 2.86. The molecule has 2 atom stereocenters. The number of carbonyl (C=O) groups is 1. The van der Waals surface area contributed by atoms with Crippen LogP contribution in [0.25, 0.3) is 0 Å². The summed E-state index contributed by atoms with van der Waals surface area (Å²) in [7, 11) is 0. The lowest BCUT2D eigenvalue weighted by molar-refractivity contribution is 0.1000. The average Bonchev–Trinajstić information content (AvgIpc) is 2.78. The SMILES string of the molecule is CC(N)C(c1cccc(Cl)c1)n1cc(C(N)=O)cn1. The molecule has 1 aromatic heterocycles. The molecule has 2 aromatic rings. The smallest absolute Gasteiger partial charge is 0.251 e. The molecule has 6 heteroatoms. The molecule has 0 aliphatic heterocycles. The Labute approximate surface area is 116 Å². The molecule has 0 saturated carbocycles. The first-order valence-electron chi connectivity index (χ1n) is 5.84. The lowest BCUT2D eigenvalue weighted by Gasteiger charge is -2.22. The van der Waals surface area contributed by atoms with E-state index < -0.39 is 5.91 Å². The Bertz CT molecular complexity index is 594. The van der Waals surface area contributed by atoms with Crippen LogP contribution in [-0.2, 0) is 0 Å². The average molecular weight is 279 g/mol. The molecule has 0 aliphatic rings. The molecule has 100 valence electrons. The maximum absolute atomic E-state index is 11.1. The minimum atomic E-state index is -0.513. The van der Waals surface area contributed by atoms with Crippen molar-refractivity contribution in [1.82, 2.24) is 9.78 Å². The van der Waals surface area contributed by atoms with Gasteiger partial charge in [-0.25, -0.2) is 0 Å². The number of amides is 1. The number of primary amides is 1. The lowest BCUT2D eigenvalue weighted by Crippen LogP contribution is -2.30. The van der Waals surface area contributed by atoms with E-state index in [4.69, 9.17) is 23.1 Å². The second-order valence-electron chi connectivity index (χ2n) is 4.43. The number of rotatable bonds is 4. The highest BCUT2D eigenvalue weighted by Crippen LogP contribution is 2.23. The normalized spacial score (nSPS) is 14.1. The molecule has 0 aliphatic carbocycles. The standard InChI is InChI=1S/C13H15ClN4O/c1-8(15)12(9-3-2-4-11(14)5-9)18-7-10(6-17-18)13(16)19/h2-8,12H,15H2,1H3,(H2,16,19). The summed E-state index contributed by atoms with van der Waals surface area (Å²) in [5.74, 6) is -0.513. The fourth-order valence-electron chi connectivity index (χ4n) is 2.01. The van der Waals surface area contributed by atoms with Crippen LogP contribution >= 0.6 is 11.6 Å². The molecule has 2 rings (SSSR count). The number of benzene rings is 1. The summed E-state index contributed by atoms with van der Waals surface area (Å²) in [4.78, 5) is 11.1. The maximum Gasteiger partial charge on any atom is 0.251 e. The van der Waals surface area contributed by atoms with Gasteiger partial charge < -0.3 is 11.5 Å². The molecule has 0 spiro atoms. The Morgan fingerprint density at radius 1 is 1.47 bits per heavy atom. The van der Waals surface area contributed by atoms with Gasteiger partial charge in [0, 0.05) is 17.3 Å². The van der Waals surface area contributed by atoms with Crippen LogP contribution in [0.1, 0.15) is 28.9 Å². The molecule has 1 amide bonds. The van der Waals surface area contributed by atoms with E-state index in [9.17, 15) is 4.79 Å². The molecule has 1 heterocycles. The minimum absolute atomic E-state index is 0.195. The van der Waals surface area contributed by atoms with Crippen LogP contribution in [-0.4, -0.2) is 21.7 Å². The molecule has 0 radical (unpaired) electrons. The Morgan fingerprint density at radius 3 is 2.74 bits per heavy atom.